The lowest BCUT2D eigenvalue weighted by Gasteiger charge is -2.02. The lowest BCUT2D eigenvalue weighted by molar-refractivity contribution is 0.936. The molecule has 0 amide bonds. The van der Waals surface area contributed by atoms with Gasteiger partial charge < -0.3 is 5.73 Å². The molecule has 0 radical (unpaired) electrons. The van der Waals surface area contributed by atoms with Gasteiger partial charge in [-0.25, -0.2) is 4.98 Å². The van der Waals surface area contributed by atoms with E-state index < -0.39 is 0 Å². The van der Waals surface area contributed by atoms with Crippen molar-refractivity contribution in [3.05, 3.63) is 35.1 Å². The van der Waals surface area contributed by atoms with Crippen LogP contribution in [0, 0.1) is 0 Å². The number of rotatable bonds is 4. The molecule has 0 fully saturated rings. The van der Waals surface area contributed by atoms with E-state index >= 15 is 0 Å². The Labute approximate surface area is 99.4 Å². The maximum absolute atomic E-state index is 5.52. The summed E-state index contributed by atoms with van der Waals surface area (Å²) in [7, 11) is 0. The van der Waals surface area contributed by atoms with Crippen molar-refractivity contribution in [2.24, 2.45) is 5.73 Å². The largest absolute Gasteiger partial charge is 0.330 e. The summed E-state index contributed by atoms with van der Waals surface area (Å²) in [5.41, 5.74) is 9.05. The summed E-state index contributed by atoms with van der Waals surface area (Å²) in [6, 6.07) is 2.03. The first kappa shape index (κ1) is 11.2. The van der Waals surface area contributed by atoms with Crippen molar-refractivity contribution >= 4 is 11.3 Å². The Morgan fingerprint density at radius 1 is 1.44 bits per heavy atom. The zero-order valence-corrected chi connectivity index (χ0v) is 10.1. The first-order valence-electron chi connectivity index (χ1n) is 5.43. The van der Waals surface area contributed by atoms with Gasteiger partial charge in [-0.15, -0.1) is 11.3 Å². The van der Waals surface area contributed by atoms with Gasteiger partial charge >= 0.3 is 0 Å². The number of nitrogens with zero attached hydrogens (tertiary/aromatic N) is 2. The summed E-state index contributed by atoms with van der Waals surface area (Å²) in [6.45, 7) is 2.79. The van der Waals surface area contributed by atoms with Crippen LogP contribution >= 0.6 is 11.3 Å². The molecule has 0 saturated heterocycles. The summed E-state index contributed by atoms with van der Waals surface area (Å²) in [6.07, 6.45) is 5.57. The number of hydrogen-bond donors (Lipinski definition) is 1. The Morgan fingerprint density at radius 3 is 3.06 bits per heavy atom. The van der Waals surface area contributed by atoms with Crippen LogP contribution in [0.15, 0.2) is 23.8 Å². The van der Waals surface area contributed by atoms with E-state index in [4.69, 9.17) is 5.73 Å². The number of nitrogens with two attached hydrogens (primary N) is 1. The van der Waals surface area contributed by atoms with E-state index in [2.05, 4.69) is 22.3 Å². The summed E-state index contributed by atoms with van der Waals surface area (Å²) < 4.78 is 0. The van der Waals surface area contributed by atoms with Crippen LogP contribution in [0.2, 0.25) is 0 Å². The molecule has 16 heavy (non-hydrogen) atoms. The van der Waals surface area contributed by atoms with E-state index in [1.54, 1.807) is 11.3 Å². The molecule has 0 aliphatic rings. The molecule has 0 saturated carbocycles. The van der Waals surface area contributed by atoms with Crippen molar-refractivity contribution in [3.63, 3.8) is 0 Å². The number of hydrogen-bond acceptors (Lipinski definition) is 4. The van der Waals surface area contributed by atoms with E-state index in [1.165, 1.54) is 11.1 Å². The maximum Gasteiger partial charge on any atom is 0.123 e. The average Bonchev–Trinajstić information content (AvgIpc) is 2.78. The fraction of sp³-hybridized carbons (Fsp3) is 0.333. The van der Waals surface area contributed by atoms with Gasteiger partial charge in [0.05, 0.1) is 5.69 Å². The van der Waals surface area contributed by atoms with Crippen molar-refractivity contribution in [1.82, 2.24) is 9.97 Å². The van der Waals surface area contributed by atoms with Crippen molar-refractivity contribution in [3.8, 4) is 10.6 Å². The van der Waals surface area contributed by atoms with E-state index in [0.29, 0.717) is 6.54 Å². The maximum atomic E-state index is 5.52. The Hall–Kier alpha value is -1.26. The van der Waals surface area contributed by atoms with E-state index in [1.807, 2.05) is 18.5 Å². The molecule has 0 bridgehead atoms. The standard InChI is InChI=1S/C12H15N3S/c1-2-9-7-14-6-4-11(9)12-15-10(3-5-13)8-16-12/h4,6-8H,2-3,5,13H2,1H3. The average molecular weight is 233 g/mol. The van der Waals surface area contributed by atoms with Crippen LogP contribution in [-0.4, -0.2) is 16.5 Å². The molecule has 2 aromatic rings. The molecular weight excluding hydrogens is 218 g/mol. The first-order valence-corrected chi connectivity index (χ1v) is 6.30. The molecule has 0 atom stereocenters. The zero-order chi connectivity index (χ0) is 11.4. The van der Waals surface area contributed by atoms with Crippen LogP contribution < -0.4 is 5.73 Å². The van der Waals surface area contributed by atoms with Gasteiger partial charge in [-0.05, 0) is 24.6 Å². The predicted octanol–water partition coefficient (Wildman–Crippen LogP) is 2.27. The Bertz CT molecular complexity index is 465. The van der Waals surface area contributed by atoms with Crippen LogP contribution in [0.25, 0.3) is 10.6 Å². The Kier molecular flexibility index (Phi) is 3.64. The third-order valence-corrected chi connectivity index (χ3v) is 3.39. The molecule has 2 aromatic heterocycles. The number of pyridine rings is 1. The van der Waals surface area contributed by atoms with Crippen molar-refractivity contribution in [2.75, 3.05) is 6.54 Å². The molecule has 0 aliphatic carbocycles. The highest BCUT2D eigenvalue weighted by molar-refractivity contribution is 7.13. The molecule has 2 N–H and O–H groups in total. The third kappa shape index (κ3) is 2.28. The van der Waals surface area contributed by atoms with Gasteiger partial charge in [0.25, 0.3) is 0 Å². The van der Waals surface area contributed by atoms with Crippen LogP contribution in [0.4, 0.5) is 0 Å². The van der Waals surface area contributed by atoms with Crippen LogP contribution in [0.3, 0.4) is 0 Å². The third-order valence-electron chi connectivity index (χ3n) is 2.47. The molecule has 0 unspecified atom stereocenters. The molecule has 2 heterocycles. The fourth-order valence-electron chi connectivity index (χ4n) is 1.61. The number of aromatic nitrogens is 2. The van der Waals surface area contributed by atoms with Crippen molar-refractivity contribution < 1.29 is 0 Å². The molecule has 2 rings (SSSR count). The topological polar surface area (TPSA) is 51.8 Å². The molecule has 0 aromatic carbocycles. The van der Waals surface area contributed by atoms with Crippen LogP contribution in [-0.2, 0) is 12.8 Å². The van der Waals surface area contributed by atoms with E-state index in [-0.39, 0.29) is 0 Å². The summed E-state index contributed by atoms with van der Waals surface area (Å²) in [5, 5.41) is 3.16. The molecule has 3 nitrogen and oxygen atoms in total. The summed E-state index contributed by atoms with van der Waals surface area (Å²) in [4.78, 5) is 8.73. The minimum atomic E-state index is 0.653. The number of aryl methyl sites for hydroxylation is 1. The van der Waals surface area contributed by atoms with Gasteiger partial charge in [-0.2, -0.15) is 0 Å². The number of thiazole rings is 1. The van der Waals surface area contributed by atoms with Gasteiger partial charge in [-0.1, -0.05) is 6.92 Å². The van der Waals surface area contributed by atoms with Crippen molar-refractivity contribution in [1.29, 1.82) is 0 Å². The van der Waals surface area contributed by atoms with Gasteiger partial charge in [0.15, 0.2) is 0 Å². The highest BCUT2D eigenvalue weighted by atomic mass is 32.1. The van der Waals surface area contributed by atoms with E-state index in [9.17, 15) is 0 Å². The quantitative estimate of drug-likeness (QED) is 0.881. The second kappa shape index (κ2) is 5.18. The molecule has 0 aliphatic heterocycles. The van der Waals surface area contributed by atoms with Gasteiger partial charge in [0.1, 0.15) is 5.01 Å². The van der Waals surface area contributed by atoms with Crippen LogP contribution in [0.1, 0.15) is 18.2 Å². The fourth-order valence-corrected chi connectivity index (χ4v) is 2.53. The summed E-state index contributed by atoms with van der Waals surface area (Å²) >= 11 is 1.68. The highest BCUT2D eigenvalue weighted by Crippen LogP contribution is 2.26. The van der Waals surface area contributed by atoms with Crippen LogP contribution in [0.5, 0.6) is 0 Å². The molecule has 84 valence electrons. The normalized spacial score (nSPS) is 10.6. The lowest BCUT2D eigenvalue weighted by Crippen LogP contribution is -2.02. The highest BCUT2D eigenvalue weighted by Gasteiger charge is 2.07. The molecule has 0 spiro atoms. The molecule has 4 heteroatoms. The first-order chi connectivity index (χ1) is 7.85. The monoisotopic (exact) mass is 233 g/mol. The summed E-state index contributed by atoms with van der Waals surface area (Å²) in [5.74, 6) is 0. The Balaban J connectivity index is 2.34. The SMILES string of the molecule is CCc1cnccc1-c1nc(CCN)cs1. The molecular formula is C12H15N3S. The second-order valence-corrected chi connectivity index (χ2v) is 4.43. The van der Waals surface area contributed by atoms with E-state index in [0.717, 1.165) is 23.5 Å². The van der Waals surface area contributed by atoms with Crippen molar-refractivity contribution in [2.45, 2.75) is 19.8 Å². The second-order valence-electron chi connectivity index (χ2n) is 3.57. The smallest absolute Gasteiger partial charge is 0.123 e. The predicted molar refractivity (Wildman–Crippen MR) is 67.5 cm³/mol. The van der Waals surface area contributed by atoms with Gasteiger partial charge in [-0.3, -0.25) is 4.98 Å². The lowest BCUT2D eigenvalue weighted by atomic mass is 10.1. The minimum Gasteiger partial charge on any atom is -0.330 e. The zero-order valence-electron chi connectivity index (χ0n) is 9.31. The Morgan fingerprint density at radius 2 is 2.31 bits per heavy atom. The van der Waals surface area contributed by atoms with Gasteiger partial charge in [0.2, 0.25) is 0 Å². The van der Waals surface area contributed by atoms with Gasteiger partial charge in [0, 0.05) is 29.8 Å². The minimum absolute atomic E-state index is 0.653.